The molecule has 2 aromatic rings. The molecular formula is C31H43ClN4O7. The summed E-state index contributed by atoms with van der Waals surface area (Å²) >= 11 is 6.39. The predicted octanol–water partition coefficient (Wildman–Crippen LogP) is 6.85. The summed E-state index contributed by atoms with van der Waals surface area (Å²) < 4.78 is 16.4. The van der Waals surface area contributed by atoms with Gasteiger partial charge in [-0.2, -0.15) is 0 Å². The fourth-order valence-electron chi connectivity index (χ4n) is 4.70. The first-order valence-electron chi connectivity index (χ1n) is 14.3. The number of carbonyl (C=O) groups excluding carboxylic acids is 2. The Hall–Kier alpha value is -3.73. The van der Waals surface area contributed by atoms with E-state index in [2.05, 4.69) is 4.90 Å². The van der Waals surface area contributed by atoms with Crippen molar-refractivity contribution >= 4 is 35.2 Å². The molecule has 0 N–H and O–H groups in total. The first kappa shape index (κ1) is 33.8. The Morgan fingerprint density at radius 3 is 2.09 bits per heavy atom. The number of carbonyl (C=O) groups is 2. The van der Waals surface area contributed by atoms with Gasteiger partial charge in [0.1, 0.15) is 11.2 Å². The standard InChI is InChI=1S/C31H43ClN4O7/c1-21(22-9-11-24(12-10-22)33-15-17-34(18-16-33)28(37)42-30(2,3)4)35(29(38)43-31(5,6)7)14-13-23-19-27(41-8)26(36(39)40)20-25(23)32/h9-12,19-21H,13-18H2,1-8H3/t21-/m0/s1. The van der Waals surface area contributed by atoms with Crippen LogP contribution in [-0.2, 0) is 15.9 Å². The fraction of sp³-hybridized carbons (Fsp3) is 0.548. The second-order valence-electron chi connectivity index (χ2n) is 12.5. The van der Waals surface area contributed by atoms with Gasteiger partial charge in [0.25, 0.3) is 0 Å². The van der Waals surface area contributed by atoms with E-state index in [9.17, 15) is 19.7 Å². The normalized spacial score (nSPS) is 14.6. The maximum atomic E-state index is 13.3. The van der Waals surface area contributed by atoms with Crippen molar-refractivity contribution in [2.75, 3.05) is 44.7 Å². The Morgan fingerprint density at radius 1 is 1.00 bits per heavy atom. The average Bonchev–Trinajstić information content (AvgIpc) is 2.91. The number of halogens is 1. The van der Waals surface area contributed by atoms with Gasteiger partial charge in [0.15, 0.2) is 5.75 Å². The molecule has 3 rings (SSSR count). The van der Waals surface area contributed by atoms with Crippen LogP contribution in [0.4, 0.5) is 21.0 Å². The largest absolute Gasteiger partial charge is 0.490 e. The van der Waals surface area contributed by atoms with Crippen LogP contribution in [0.3, 0.4) is 0 Å². The van der Waals surface area contributed by atoms with E-state index in [1.54, 1.807) is 9.80 Å². The maximum Gasteiger partial charge on any atom is 0.410 e. The number of nitrogens with zero attached hydrogens (tertiary/aromatic N) is 4. The Labute approximate surface area is 258 Å². The van der Waals surface area contributed by atoms with Gasteiger partial charge in [-0.1, -0.05) is 23.7 Å². The zero-order chi connectivity index (χ0) is 32.1. The number of piperazine rings is 1. The molecule has 1 atom stereocenters. The number of rotatable bonds is 8. The van der Waals surface area contributed by atoms with Gasteiger partial charge in [-0.25, -0.2) is 9.59 Å². The third-order valence-corrected chi connectivity index (χ3v) is 7.29. The van der Waals surface area contributed by atoms with Gasteiger partial charge in [0.2, 0.25) is 0 Å². The quantitative estimate of drug-likeness (QED) is 0.233. The van der Waals surface area contributed by atoms with E-state index in [1.807, 2.05) is 72.7 Å². The zero-order valence-electron chi connectivity index (χ0n) is 26.3. The number of anilines is 1. The molecule has 0 radical (unpaired) electrons. The minimum absolute atomic E-state index is 0.101. The second kappa shape index (κ2) is 13.7. The molecule has 0 spiro atoms. The molecule has 0 aliphatic carbocycles. The molecule has 2 amide bonds. The molecule has 1 aliphatic heterocycles. The number of methoxy groups -OCH3 is 1. The predicted molar refractivity (Wildman–Crippen MR) is 166 cm³/mol. The molecule has 0 saturated carbocycles. The van der Waals surface area contributed by atoms with Gasteiger partial charge in [-0.3, -0.25) is 10.1 Å². The van der Waals surface area contributed by atoms with Crippen molar-refractivity contribution in [3.8, 4) is 5.75 Å². The van der Waals surface area contributed by atoms with Gasteiger partial charge in [0.05, 0.1) is 23.1 Å². The molecule has 1 heterocycles. The van der Waals surface area contributed by atoms with Crippen LogP contribution in [0.5, 0.6) is 5.75 Å². The highest BCUT2D eigenvalue weighted by atomic mass is 35.5. The third-order valence-electron chi connectivity index (χ3n) is 6.93. The van der Waals surface area contributed by atoms with E-state index in [0.717, 1.165) is 11.3 Å². The van der Waals surface area contributed by atoms with Gasteiger partial charge in [-0.15, -0.1) is 0 Å². The number of hydrogen-bond acceptors (Lipinski definition) is 8. The Morgan fingerprint density at radius 2 is 1.58 bits per heavy atom. The highest BCUT2D eigenvalue weighted by Crippen LogP contribution is 2.34. The molecule has 43 heavy (non-hydrogen) atoms. The zero-order valence-corrected chi connectivity index (χ0v) is 27.1. The summed E-state index contributed by atoms with van der Waals surface area (Å²) in [5, 5.41) is 11.6. The molecular weight excluding hydrogens is 576 g/mol. The summed E-state index contributed by atoms with van der Waals surface area (Å²) in [7, 11) is 1.36. The summed E-state index contributed by atoms with van der Waals surface area (Å²) in [6.45, 7) is 15.7. The van der Waals surface area contributed by atoms with Gasteiger partial charge in [-0.05, 0) is 84.2 Å². The van der Waals surface area contributed by atoms with Gasteiger partial charge >= 0.3 is 17.9 Å². The average molecular weight is 619 g/mol. The number of ether oxygens (including phenoxy) is 3. The molecule has 1 fully saturated rings. The summed E-state index contributed by atoms with van der Waals surface area (Å²) in [6.07, 6.45) is -0.448. The van der Waals surface area contributed by atoms with E-state index < -0.39 is 22.2 Å². The van der Waals surface area contributed by atoms with Crippen LogP contribution in [0, 0.1) is 10.1 Å². The minimum atomic E-state index is -0.700. The SMILES string of the molecule is COc1cc(CCN(C(=O)OC(C)(C)C)[C@@H](C)c2ccc(N3CCN(C(=O)OC(C)(C)C)CC3)cc2)c(Cl)cc1[N+](=O)[O-]. The van der Waals surface area contributed by atoms with Crippen molar-refractivity contribution in [1.82, 2.24) is 9.80 Å². The molecule has 11 nitrogen and oxygen atoms in total. The molecule has 2 aromatic carbocycles. The molecule has 1 aliphatic rings. The maximum absolute atomic E-state index is 13.3. The number of nitro groups is 1. The molecule has 0 aromatic heterocycles. The van der Waals surface area contributed by atoms with Crippen LogP contribution < -0.4 is 9.64 Å². The first-order valence-corrected chi connectivity index (χ1v) is 14.7. The van der Waals surface area contributed by atoms with Gasteiger partial charge < -0.3 is 28.9 Å². The molecule has 236 valence electrons. The van der Waals surface area contributed by atoms with Crippen molar-refractivity contribution in [3.05, 3.63) is 62.7 Å². The Balaban J connectivity index is 1.74. The van der Waals surface area contributed by atoms with Crippen LogP contribution in [0.15, 0.2) is 36.4 Å². The molecule has 0 bridgehead atoms. The lowest BCUT2D eigenvalue weighted by atomic mass is 10.0. The highest BCUT2D eigenvalue weighted by Gasteiger charge is 2.29. The van der Waals surface area contributed by atoms with Crippen molar-refractivity contribution in [2.24, 2.45) is 0 Å². The smallest absolute Gasteiger partial charge is 0.410 e. The van der Waals surface area contributed by atoms with E-state index in [1.165, 1.54) is 19.2 Å². The second-order valence-corrected chi connectivity index (χ2v) is 12.9. The highest BCUT2D eigenvalue weighted by molar-refractivity contribution is 6.31. The number of hydrogen-bond donors (Lipinski definition) is 0. The molecule has 0 unspecified atom stereocenters. The van der Waals surface area contributed by atoms with Crippen LogP contribution in [-0.4, -0.2) is 77.9 Å². The number of nitro benzene ring substituents is 1. The van der Waals surface area contributed by atoms with E-state index >= 15 is 0 Å². The molecule has 12 heteroatoms. The monoisotopic (exact) mass is 618 g/mol. The third kappa shape index (κ3) is 9.38. The Bertz CT molecular complexity index is 1300. The fourth-order valence-corrected chi connectivity index (χ4v) is 4.96. The number of benzene rings is 2. The van der Waals surface area contributed by atoms with Crippen molar-refractivity contribution in [1.29, 1.82) is 0 Å². The lowest BCUT2D eigenvalue weighted by Gasteiger charge is -2.37. The van der Waals surface area contributed by atoms with Gasteiger partial charge in [0, 0.05) is 44.5 Å². The van der Waals surface area contributed by atoms with Crippen LogP contribution in [0.2, 0.25) is 5.02 Å². The topological polar surface area (TPSA) is 115 Å². The van der Waals surface area contributed by atoms with E-state index in [4.69, 9.17) is 25.8 Å². The van der Waals surface area contributed by atoms with E-state index in [-0.39, 0.29) is 35.1 Å². The van der Waals surface area contributed by atoms with Crippen LogP contribution >= 0.6 is 11.6 Å². The minimum Gasteiger partial charge on any atom is -0.490 e. The number of amides is 2. The van der Waals surface area contributed by atoms with E-state index in [0.29, 0.717) is 38.2 Å². The summed E-state index contributed by atoms with van der Waals surface area (Å²) in [5.41, 5.74) is 1.09. The molecule has 1 saturated heterocycles. The lowest BCUT2D eigenvalue weighted by Crippen LogP contribution is -2.50. The van der Waals surface area contributed by atoms with Crippen molar-refractivity contribution in [2.45, 2.75) is 72.1 Å². The van der Waals surface area contributed by atoms with Crippen molar-refractivity contribution in [3.63, 3.8) is 0 Å². The van der Waals surface area contributed by atoms with Crippen LogP contribution in [0.1, 0.15) is 65.6 Å². The van der Waals surface area contributed by atoms with Crippen LogP contribution in [0.25, 0.3) is 0 Å². The summed E-state index contributed by atoms with van der Waals surface area (Å²) in [4.78, 5) is 42.1. The Kier molecular flexibility index (Phi) is 10.8. The lowest BCUT2D eigenvalue weighted by molar-refractivity contribution is -0.385. The summed E-state index contributed by atoms with van der Waals surface area (Å²) in [5.74, 6) is 0.101. The summed E-state index contributed by atoms with van der Waals surface area (Å²) in [6, 6.07) is 10.5. The first-order chi connectivity index (χ1) is 20.0. The van der Waals surface area contributed by atoms with Crippen molar-refractivity contribution < 1.29 is 28.7 Å².